The number of amides is 2. The number of nitrogens with two attached hydrogens (primary N) is 1. The minimum absolute atomic E-state index is 0.273. The molecule has 0 saturated carbocycles. The van der Waals surface area contributed by atoms with E-state index in [0.29, 0.717) is 12.8 Å². The van der Waals surface area contributed by atoms with Gasteiger partial charge >= 0.3 is 0 Å². The minimum atomic E-state index is -1.06. The molecule has 0 unspecified atom stereocenters. The van der Waals surface area contributed by atoms with Crippen LogP contribution in [0.2, 0.25) is 0 Å². The lowest BCUT2D eigenvalue weighted by atomic mass is 9.89. The predicted molar refractivity (Wildman–Crippen MR) is 63.3 cm³/mol. The van der Waals surface area contributed by atoms with E-state index in [-0.39, 0.29) is 5.91 Å². The fraction of sp³-hybridized carbons (Fsp3) is 0.818. The SMILES string of the molecule is COC1(C(=O)NC(C)(C)C(N)=O)CCNCC1. The maximum absolute atomic E-state index is 12.2. The summed E-state index contributed by atoms with van der Waals surface area (Å²) in [5.74, 6) is -0.837. The zero-order valence-corrected chi connectivity index (χ0v) is 10.6. The standard InChI is InChI=1S/C11H21N3O3/c1-10(2,8(12)15)14-9(16)11(17-3)4-6-13-7-5-11/h13H,4-7H2,1-3H3,(H2,12,15)(H,14,16). The maximum atomic E-state index is 12.2. The van der Waals surface area contributed by atoms with Crippen molar-refractivity contribution in [2.75, 3.05) is 20.2 Å². The molecule has 0 aliphatic carbocycles. The van der Waals surface area contributed by atoms with Gasteiger partial charge in [0.05, 0.1) is 0 Å². The van der Waals surface area contributed by atoms with Crippen molar-refractivity contribution in [3.05, 3.63) is 0 Å². The number of hydrogen-bond acceptors (Lipinski definition) is 4. The average molecular weight is 243 g/mol. The molecule has 0 atom stereocenters. The van der Waals surface area contributed by atoms with Crippen molar-refractivity contribution in [3.8, 4) is 0 Å². The Hall–Kier alpha value is -1.14. The fourth-order valence-corrected chi connectivity index (χ4v) is 1.81. The molecule has 17 heavy (non-hydrogen) atoms. The zero-order valence-electron chi connectivity index (χ0n) is 10.6. The first kappa shape index (κ1) is 13.9. The first-order valence-corrected chi connectivity index (χ1v) is 5.72. The third kappa shape index (κ3) is 2.95. The van der Waals surface area contributed by atoms with Crippen LogP contribution in [0.4, 0.5) is 0 Å². The van der Waals surface area contributed by atoms with E-state index in [9.17, 15) is 9.59 Å². The van der Waals surface area contributed by atoms with E-state index < -0.39 is 17.0 Å². The maximum Gasteiger partial charge on any atom is 0.253 e. The Morgan fingerprint density at radius 3 is 2.29 bits per heavy atom. The Morgan fingerprint density at radius 2 is 1.88 bits per heavy atom. The molecule has 6 nitrogen and oxygen atoms in total. The Balaban J connectivity index is 2.76. The third-order valence-electron chi connectivity index (χ3n) is 3.26. The molecule has 1 rings (SSSR count). The second-order valence-electron chi connectivity index (χ2n) is 4.89. The monoisotopic (exact) mass is 243 g/mol. The summed E-state index contributed by atoms with van der Waals surface area (Å²) in [5.41, 5.74) is 3.31. The fourth-order valence-electron chi connectivity index (χ4n) is 1.81. The van der Waals surface area contributed by atoms with Crippen molar-refractivity contribution < 1.29 is 14.3 Å². The van der Waals surface area contributed by atoms with Crippen molar-refractivity contribution in [1.82, 2.24) is 10.6 Å². The van der Waals surface area contributed by atoms with Gasteiger partial charge in [-0.25, -0.2) is 0 Å². The number of carbonyl (C=O) groups is 2. The van der Waals surface area contributed by atoms with Crippen LogP contribution in [0.1, 0.15) is 26.7 Å². The predicted octanol–water partition coefficient (Wildman–Crippen LogP) is -0.865. The Bertz CT molecular complexity index is 309. The lowest BCUT2D eigenvalue weighted by Crippen LogP contribution is -2.61. The number of ether oxygens (including phenoxy) is 1. The highest BCUT2D eigenvalue weighted by Crippen LogP contribution is 2.23. The summed E-state index contributed by atoms with van der Waals surface area (Å²) < 4.78 is 5.36. The highest BCUT2D eigenvalue weighted by Gasteiger charge is 2.42. The van der Waals surface area contributed by atoms with Crippen LogP contribution in [-0.4, -0.2) is 43.2 Å². The Morgan fingerprint density at radius 1 is 1.35 bits per heavy atom. The van der Waals surface area contributed by atoms with Gasteiger partial charge in [-0.15, -0.1) is 0 Å². The topological polar surface area (TPSA) is 93.4 Å². The molecule has 1 aliphatic heterocycles. The van der Waals surface area contributed by atoms with E-state index in [1.165, 1.54) is 7.11 Å². The van der Waals surface area contributed by atoms with Gasteiger partial charge in [-0.3, -0.25) is 9.59 Å². The van der Waals surface area contributed by atoms with Crippen LogP contribution >= 0.6 is 0 Å². The van der Waals surface area contributed by atoms with Crippen molar-refractivity contribution in [2.45, 2.75) is 37.8 Å². The number of methoxy groups -OCH3 is 1. The second-order valence-corrected chi connectivity index (χ2v) is 4.89. The van der Waals surface area contributed by atoms with Crippen molar-refractivity contribution >= 4 is 11.8 Å². The molecule has 0 spiro atoms. The zero-order chi connectivity index (χ0) is 13.1. The molecular weight excluding hydrogens is 222 g/mol. The molecule has 0 aromatic carbocycles. The quantitative estimate of drug-likeness (QED) is 0.598. The van der Waals surface area contributed by atoms with Gasteiger partial charge in [0.2, 0.25) is 5.91 Å². The summed E-state index contributed by atoms with van der Waals surface area (Å²) in [4.78, 5) is 23.4. The van der Waals surface area contributed by atoms with Crippen molar-refractivity contribution in [2.24, 2.45) is 5.73 Å². The Kier molecular flexibility index (Phi) is 4.11. The summed E-state index contributed by atoms with van der Waals surface area (Å²) in [6, 6.07) is 0. The van der Waals surface area contributed by atoms with Crippen LogP contribution in [0, 0.1) is 0 Å². The molecule has 1 fully saturated rings. The molecule has 1 heterocycles. The molecule has 1 saturated heterocycles. The van der Waals surface area contributed by atoms with E-state index >= 15 is 0 Å². The molecule has 6 heteroatoms. The normalized spacial score (nSPS) is 19.7. The lowest BCUT2D eigenvalue weighted by Gasteiger charge is -2.37. The third-order valence-corrected chi connectivity index (χ3v) is 3.26. The van der Waals surface area contributed by atoms with Crippen LogP contribution in [-0.2, 0) is 14.3 Å². The first-order valence-electron chi connectivity index (χ1n) is 5.72. The summed E-state index contributed by atoms with van der Waals surface area (Å²) >= 11 is 0. The van der Waals surface area contributed by atoms with Crippen LogP contribution in [0.5, 0.6) is 0 Å². The number of primary amides is 1. The van der Waals surface area contributed by atoms with Gasteiger partial charge in [0.1, 0.15) is 11.1 Å². The van der Waals surface area contributed by atoms with E-state index in [1.807, 2.05) is 0 Å². The van der Waals surface area contributed by atoms with E-state index in [4.69, 9.17) is 10.5 Å². The number of nitrogens with one attached hydrogen (secondary N) is 2. The molecular formula is C11H21N3O3. The van der Waals surface area contributed by atoms with Crippen LogP contribution < -0.4 is 16.4 Å². The lowest BCUT2D eigenvalue weighted by molar-refractivity contribution is -0.150. The number of hydrogen-bond donors (Lipinski definition) is 3. The molecule has 1 aliphatic rings. The molecule has 2 amide bonds. The van der Waals surface area contributed by atoms with Gasteiger partial charge in [0.15, 0.2) is 0 Å². The number of carbonyl (C=O) groups excluding carboxylic acids is 2. The van der Waals surface area contributed by atoms with Gasteiger partial charge < -0.3 is 21.1 Å². The minimum Gasteiger partial charge on any atom is -0.368 e. The summed E-state index contributed by atoms with van der Waals surface area (Å²) in [6.45, 7) is 4.60. The van der Waals surface area contributed by atoms with Gasteiger partial charge in [-0.1, -0.05) is 0 Å². The van der Waals surface area contributed by atoms with Crippen molar-refractivity contribution in [3.63, 3.8) is 0 Å². The molecule has 0 aromatic rings. The Labute approximate surface area is 101 Å². The molecule has 0 bridgehead atoms. The van der Waals surface area contributed by atoms with Crippen LogP contribution in [0.15, 0.2) is 0 Å². The molecule has 4 N–H and O–H groups in total. The van der Waals surface area contributed by atoms with Gasteiger partial charge in [0.25, 0.3) is 5.91 Å². The second kappa shape index (κ2) is 5.01. The summed E-state index contributed by atoms with van der Waals surface area (Å²) in [6.07, 6.45) is 1.17. The van der Waals surface area contributed by atoms with Gasteiger partial charge in [0, 0.05) is 7.11 Å². The summed E-state index contributed by atoms with van der Waals surface area (Å²) in [5, 5.41) is 5.81. The van der Waals surface area contributed by atoms with Crippen molar-refractivity contribution in [1.29, 1.82) is 0 Å². The number of piperidine rings is 1. The van der Waals surface area contributed by atoms with Gasteiger partial charge in [-0.05, 0) is 39.8 Å². The highest BCUT2D eigenvalue weighted by molar-refractivity contribution is 5.93. The molecule has 98 valence electrons. The average Bonchev–Trinajstić information content (AvgIpc) is 2.29. The molecule has 0 aromatic heterocycles. The van der Waals surface area contributed by atoms with Crippen LogP contribution in [0.25, 0.3) is 0 Å². The highest BCUT2D eigenvalue weighted by atomic mass is 16.5. The van der Waals surface area contributed by atoms with E-state index in [2.05, 4.69) is 10.6 Å². The molecule has 0 radical (unpaired) electrons. The van der Waals surface area contributed by atoms with E-state index in [0.717, 1.165) is 13.1 Å². The largest absolute Gasteiger partial charge is 0.368 e. The number of rotatable bonds is 4. The first-order chi connectivity index (χ1) is 7.84. The van der Waals surface area contributed by atoms with E-state index in [1.54, 1.807) is 13.8 Å². The smallest absolute Gasteiger partial charge is 0.253 e. The summed E-state index contributed by atoms with van der Waals surface area (Å²) in [7, 11) is 1.52. The van der Waals surface area contributed by atoms with Crippen LogP contribution in [0.3, 0.4) is 0 Å². The van der Waals surface area contributed by atoms with Gasteiger partial charge in [-0.2, -0.15) is 0 Å².